The van der Waals surface area contributed by atoms with Crippen LogP contribution in [0.4, 0.5) is 0 Å². The molecule has 2 heterocycles. The molecular formula is C13H17N2+. The van der Waals surface area contributed by atoms with Gasteiger partial charge in [0.1, 0.15) is 7.05 Å². The lowest BCUT2D eigenvalue weighted by Gasteiger charge is -2.03. The fourth-order valence-corrected chi connectivity index (χ4v) is 1.78. The van der Waals surface area contributed by atoms with Crippen molar-refractivity contribution >= 4 is 0 Å². The first-order chi connectivity index (χ1) is 7.16. The Morgan fingerprint density at radius 1 is 1.33 bits per heavy atom. The molecule has 0 N–H and O–H groups in total. The first-order valence-electron chi connectivity index (χ1n) is 5.22. The number of aryl methyl sites for hydroxylation is 3. The van der Waals surface area contributed by atoms with Gasteiger partial charge in [0.25, 0.3) is 0 Å². The van der Waals surface area contributed by atoms with Crippen LogP contribution < -0.4 is 4.57 Å². The summed E-state index contributed by atoms with van der Waals surface area (Å²) in [4.78, 5) is 0. The number of hydrogen-bond donors (Lipinski definition) is 0. The number of rotatable bonds is 2. The van der Waals surface area contributed by atoms with E-state index in [0.29, 0.717) is 0 Å². The van der Waals surface area contributed by atoms with E-state index in [9.17, 15) is 0 Å². The van der Waals surface area contributed by atoms with Crippen molar-refractivity contribution in [1.29, 1.82) is 0 Å². The van der Waals surface area contributed by atoms with Gasteiger partial charge in [0.15, 0.2) is 11.9 Å². The summed E-state index contributed by atoms with van der Waals surface area (Å²) >= 11 is 0. The second-order valence-corrected chi connectivity index (χ2v) is 4.09. The average molecular weight is 201 g/mol. The molecule has 0 aliphatic heterocycles. The van der Waals surface area contributed by atoms with Crippen molar-refractivity contribution < 1.29 is 4.57 Å². The van der Waals surface area contributed by atoms with E-state index in [-0.39, 0.29) is 0 Å². The minimum atomic E-state index is 0.988. The largest absolute Gasteiger partial charge is 0.354 e. The van der Waals surface area contributed by atoms with Crippen LogP contribution in [0.1, 0.15) is 17.0 Å². The molecule has 0 spiro atoms. The summed E-state index contributed by atoms with van der Waals surface area (Å²) < 4.78 is 4.35. The molecule has 78 valence electrons. The second-order valence-electron chi connectivity index (χ2n) is 4.09. The van der Waals surface area contributed by atoms with Gasteiger partial charge in [-0.15, -0.1) is 0 Å². The van der Waals surface area contributed by atoms with Gasteiger partial charge >= 0.3 is 0 Å². The van der Waals surface area contributed by atoms with E-state index in [1.165, 1.54) is 17.0 Å². The van der Waals surface area contributed by atoms with Crippen LogP contribution in [0, 0.1) is 6.92 Å². The molecule has 0 atom stereocenters. The van der Waals surface area contributed by atoms with Crippen LogP contribution >= 0.6 is 0 Å². The molecule has 0 aromatic carbocycles. The van der Waals surface area contributed by atoms with E-state index in [4.69, 9.17) is 0 Å². The number of pyridine rings is 1. The Kier molecular flexibility index (Phi) is 2.58. The van der Waals surface area contributed by atoms with Crippen molar-refractivity contribution in [2.75, 3.05) is 0 Å². The predicted molar refractivity (Wildman–Crippen MR) is 60.6 cm³/mol. The van der Waals surface area contributed by atoms with Crippen molar-refractivity contribution in [3.05, 3.63) is 53.6 Å². The Morgan fingerprint density at radius 2 is 2.13 bits per heavy atom. The summed E-state index contributed by atoms with van der Waals surface area (Å²) in [6.45, 7) is 2.13. The van der Waals surface area contributed by atoms with E-state index in [0.717, 1.165) is 6.42 Å². The Bertz CT molecular complexity index is 469. The number of nitrogens with zero attached hydrogens (tertiary/aromatic N) is 2. The Labute approximate surface area is 90.8 Å². The van der Waals surface area contributed by atoms with Crippen LogP contribution in [-0.4, -0.2) is 4.57 Å². The van der Waals surface area contributed by atoms with E-state index in [2.05, 4.69) is 66.8 Å². The lowest BCUT2D eigenvalue weighted by molar-refractivity contribution is -0.678. The van der Waals surface area contributed by atoms with Gasteiger partial charge in [0, 0.05) is 31.1 Å². The van der Waals surface area contributed by atoms with Crippen molar-refractivity contribution in [3.63, 3.8) is 0 Å². The fourth-order valence-electron chi connectivity index (χ4n) is 1.78. The van der Waals surface area contributed by atoms with Crippen LogP contribution in [0.2, 0.25) is 0 Å². The smallest absolute Gasteiger partial charge is 0.187 e. The Morgan fingerprint density at radius 3 is 2.80 bits per heavy atom. The van der Waals surface area contributed by atoms with Gasteiger partial charge in [-0.2, -0.15) is 0 Å². The zero-order chi connectivity index (χ0) is 10.8. The summed E-state index contributed by atoms with van der Waals surface area (Å²) in [5, 5.41) is 0. The molecule has 0 saturated heterocycles. The summed E-state index contributed by atoms with van der Waals surface area (Å²) in [6, 6.07) is 8.63. The van der Waals surface area contributed by atoms with Crippen LogP contribution in [0.5, 0.6) is 0 Å². The molecule has 2 nitrogen and oxygen atoms in total. The normalized spacial score (nSPS) is 10.6. The fraction of sp³-hybridized carbons (Fsp3) is 0.308. The highest BCUT2D eigenvalue weighted by Crippen LogP contribution is 2.07. The molecule has 0 aliphatic rings. The standard InChI is InChI=1S/C13H17N2/c1-11-6-8-15(3)13(9-11)10-12-5-4-7-14(12)2/h4-9H,10H2,1-3H3/q+1. The predicted octanol–water partition coefficient (Wildman–Crippen LogP) is 1.75. The first-order valence-corrected chi connectivity index (χ1v) is 5.22. The first kappa shape index (κ1) is 9.97. The van der Waals surface area contributed by atoms with Gasteiger partial charge in [-0.25, -0.2) is 4.57 Å². The van der Waals surface area contributed by atoms with Crippen molar-refractivity contribution in [2.45, 2.75) is 13.3 Å². The maximum Gasteiger partial charge on any atom is 0.187 e. The quantitative estimate of drug-likeness (QED) is 0.655. The monoisotopic (exact) mass is 201 g/mol. The van der Waals surface area contributed by atoms with Gasteiger partial charge in [0.05, 0.1) is 6.42 Å². The molecule has 0 fully saturated rings. The van der Waals surface area contributed by atoms with Crippen molar-refractivity contribution in [1.82, 2.24) is 4.57 Å². The highest BCUT2D eigenvalue weighted by atomic mass is 14.9. The van der Waals surface area contributed by atoms with Crippen LogP contribution in [-0.2, 0) is 20.5 Å². The number of hydrogen-bond acceptors (Lipinski definition) is 0. The molecule has 0 aliphatic carbocycles. The minimum absolute atomic E-state index is 0.988. The maximum atomic E-state index is 2.24. The van der Waals surface area contributed by atoms with Crippen molar-refractivity contribution in [2.24, 2.45) is 14.1 Å². The highest BCUT2D eigenvalue weighted by molar-refractivity contribution is 5.17. The minimum Gasteiger partial charge on any atom is -0.354 e. The zero-order valence-electron chi connectivity index (χ0n) is 9.57. The summed E-state index contributed by atoms with van der Waals surface area (Å²) in [5.41, 5.74) is 4.00. The highest BCUT2D eigenvalue weighted by Gasteiger charge is 2.08. The third-order valence-electron chi connectivity index (χ3n) is 2.82. The van der Waals surface area contributed by atoms with Crippen LogP contribution in [0.25, 0.3) is 0 Å². The third-order valence-corrected chi connectivity index (χ3v) is 2.82. The topological polar surface area (TPSA) is 8.81 Å². The molecule has 2 heteroatoms. The molecule has 0 saturated carbocycles. The Hall–Kier alpha value is -1.57. The van der Waals surface area contributed by atoms with Gasteiger partial charge in [-0.05, 0) is 24.6 Å². The summed E-state index contributed by atoms with van der Waals surface area (Å²) in [5.74, 6) is 0. The van der Waals surface area contributed by atoms with Gasteiger partial charge < -0.3 is 4.57 Å². The molecule has 2 aromatic heterocycles. The molecular weight excluding hydrogens is 184 g/mol. The van der Waals surface area contributed by atoms with E-state index in [1.54, 1.807) is 0 Å². The average Bonchev–Trinajstić information content (AvgIpc) is 2.58. The van der Waals surface area contributed by atoms with Gasteiger partial charge in [-0.3, -0.25) is 0 Å². The Balaban J connectivity index is 2.32. The summed E-state index contributed by atoms with van der Waals surface area (Å²) in [6.07, 6.45) is 5.19. The second kappa shape index (κ2) is 3.89. The lowest BCUT2D eigenvalue weighted by Crippen LogP contribution is -2.33. The van der Waals surface area contributed by atoms with Crippen LogP contribution in [0.3, 0.4) is 0 Å². The summed E-state index contributed by atoms with van der Waals surface area (Å²) in [7, 11) is 4.18. The van der Waals surface area contributed by atoms with Gasteiger partial charge in [0.2, 0.25) is 0 Å². The third kappa shape index (κ3) is 2.09. The lowest BCUT2D eigenvalue weighted by atomic mass is 10.1. The molecule has 15 heavy (non-hydrogen) atoms. The van der Waals surface area contributed by atoms with Crippen LogP contribution in [0.15, 0.2) is 36.7 Å². The van der Waals surface area contributed by atoms with E-state index in [1.807, 2.05) is 0 Å². The SMILES string of the molecule is Cc1cc[n+](C)c(Cc2cccn2C)c1. The molecule has 0 radical (unpaired) electrons. The molecule has 0 unspecified atom stereocenters. The molecule has 2 rings (SSSR count). The molecule has 0 bridgehead atoms. The number of aromatic nitrogens is 2. The van der Waals surface area contributed by atoms with Crippen molar-refractivity contribution in [3.8, 4) is 0 Å². The zero-order valence-corrected chi connectivity index (χ0v) is 9.57. The molecule has 0 amide bonds. The maximum absolute atomic E-state index is 2.24. The van der Waals surface area contributed by atoms with Gasteiger partial charge in [-0.1, -0.05) is 0 Å². The van der Waals surface area contributed by atoms with E-state index >= 15 is 0 Å². The molecule has 2 aromatic rings. The van der Waals surface area contributed by atoms with E-state index < -0.39 is 0 Å².